The third kappa shape index (κ3) is 4.52. The number of rotatable bonds is 4. The Morgan fingerprint density at radius 3 is 2.44 bits per heavy atom. The molecule has 2 N–H and O–H groups in total. The van der Waals surface area contributed by atoms with Crippen molar-refractivity contribution in [3.05, 3.63) is 35.9 Å². The molecule has 0 bridgehead atoms. The highest BCUT2D eigenvalue weighted by Gasteiger charge is 2.37. The number of benzene rings is 1. The summed E-state index contributed by atoms with van der Waals surface area (Å²) >= 11 is 0. The number of amides is 2. The Labute approximate surface area is 161 Å². The molecule has 0 spiro atoms. The van der Waals surface area contributed by atoms with E-state index in [2.05, 4.69) is 41.0 Å². The summed E-state index contributed by atoms with van der Waals surface area (Å²) in [6.07, 6.45) is 8.03. The number of fused-ring (bicyclic) bond motifs is 1. The van der Waals surface area contributed by atoms with Crippen molar-refractivity contribution in [3.63, 3.8) is 0 Å². The van der Waals surface area contributed by atoms with Crippen LogP contribution >= 0.6 is 0 Å². The van der Waals surface area contributed by atoms with E-state index >= 15 is 0 Å². The number of hydrogen-bond acceptors (Lipinski definition) is 3. The Bertz CT molecular complexity index is 655. The zero-order valence-corrected chi connectivity index (χ0v) is 16.0. The van der Waals surface area contributed by atoms with Gasteiger partial charge in [-0.3, -0.25) is 9.59 Å². The number of carbonyl (C=O) groups is 2. The minimum absolute atomic E-state index is 0.00506. The molecule has 2 aliphatic heterocycles. The molecule has 146 valence electrons. The van der Waals surface area contributed by atoms with Gasteiger partial charge in [-0.05, 0) is 43.6 Å². The van der Waals surface area contributed by atoms with Crippen molar-refractivity contribution in [1.82, 2.24) is 15.5 Å². The number of nitrogens with zero attached hydrogens (tertiary/aromatic N) is 1. The summed E-state index contributed by atoms with van der Waals surface area (Å²) < 4.78 is 0. The lowest BCUT2D eigenvalue weighted by molar-refractivity contribution is -0.137. The first kappa shape index (κ1) is 18.5. The van der Waals surface area contributed by atoms with Gasteiger partial charge >= 0.3 is 0 Å². The van der Waals surface area contributed by atoms with Gasteiger partial charge in [0.25, 0.3) is 0 Å². The molecule has 0 radical (unpaired) electrons. The summed E-state index contributed by atoms with van der Waals surface area (Å²) in [7, 11) is 0. The number of piperazine rings is 1. The number of nitrogens with one attached hydrogen (secondary N) is 2. The summed E-state index contributed by atoms with van der Waals surface area (Å²) in [5.74, 6) is 0.774. The van der Waals surface area contributed by atoms with Gasteiger partial charge in [0, 0.05) is 25.2 Å². The molecule has 4 rings (SSSR count). The third-order valence-electron chi connectivity index (χ3n) is 6.54. The van der Waals surface area contributed by atoms with Crippen LogP contribution in [-0.4, -0.2) is 47.9 Å². The van der Waals surface area contributed by atoms with Crippen LogP contribution in [0.4, 0.5) is 0 Å². The predicted molar refractivity (Wildman–Crippen MR) is 105 cm³/mol. The fourth-order valence-corrected chi connectivity index (χ4v) is 4.91. The Hall–Kier alpha value is -1.88. The Kier molecular flexibility index (Phi) is 5.77. The molecule has 2 amide bonds. The minimum atomic E-state index is -0.362. The second-order valence-electron chi connectivity index (χ2n) is 8.44. The molecule has 1 saturated carbocycles. The quantitative estimate of drug-likeness (QED) is 0.856. The number of piperidine rings is 1. The van der Waals surface area contributed by atoms with Crippen LogP contribution in [0, 0.1) is 5.92 Å². The third-order valence-corrected chi connectivity index (χ3v) is 6.54. The maximum Gasteiger partial charge on any atom is 0.237 e. The van der Waals surface area contributed by atoms with Crippen LogP contribution in [0.3, 0.4) is 0 Å². The molecule has 3 unspecified atom stereocenters. The number of carbonyl (C=O) groups excluding carboxylic acids is 2. The van der Waals surface area contributed by atoms with Crippen molar-refractivity contribution in [2.75, 3.05) is 13.1 Å². The molecule has 0 aromatic heterocycles. The summed E-state index contributed by atoms with van der Waals surface area (Å²) in [6.45, 7) is 1.63. The highest BCUT2D eigenvalue weighted by atomic mass is 16.2. The lowest BCUT2D eigenvalue weighted by Crippen LogP contribution is -2.65. The fourth-order valence-electron chi connectivity index (χ4n) is 4.91. The Morgan fingerprint density at radius 1 is 1.00 bits per heavy atom. The van der Waals surface area contributed by atoms with Gasteiger partial charge < -0.3 is 15.5 Å². The second kappa shape index (κ2) is 8.42. The first-order valence-electron chi connectivity index (χ1n) is 10.6. The van der Waals surface area contributed by atoms with Crippen molar-refractivity contribution in [2.45, 2.75) is 69.5 Å². The van der Waals surface area contributed by atoms with Crippen molar-refractivity contribution >= 4 is 11.8 Å². The zero-order chi connectivity index (χ0) is 18.6. The largest absolute Gasteiger partial charge is 0.350 e. The number of likely N-dealkylation sites (tertiary alicyclic amines) is 1. The molecule has 5 nitrogen and oxygen atoms in total. The summed E-state index contributed by atoms with van der Waals surface area (Å²) in [5, 5.41) is 6.60. The van der Waals surface area contributed by atoms with E-state index in [0.717, 1.165) is 45.2 Å². The maximum absolute atomic E-state index is 12.7. The van der Waals surface area contributed by atoms with E-state index in [-0.39, 0.29) is 23.9 Å². The van der Waals surface area contributed by atoms with Crippen LogP contribution < -0.4 is 10.6 Å². The lowest BCUT2D eigenvalue weighted by Gasteiger charge is -2.41. The molecule has 1 aromatic rings. The van der Waals surface area contributed by atoms with Crippen molar-refractivity contribution in [1.29, 1.82) is 0 Å². The van der Waals surface area contributed by atoms with E-state index in [9.17, 15) is 9.59 Å². The van der Waals surface area contributed by atoms with Crippen LogP contribution in [0.15, 0.2) is 30.3 Å². The number of hydrogen-bond donors (Lipinski definition) is 2. The van der Waals surface area contributed by atoms with Gasteiger partial charge in [0.05, 0.1) is 12.5 Å². The summed E-state index contributed by atoms with van der Waals surface area (Å²) in [4.78, 5) is 27.1. The molecule has 1 aromatic carbocycles. The molecule has 3 fully saturated rings. The van der Waals surface area contributed by atoms with E-state index in [4.69, 9.17) is 0 Å². The normalized spacial score (nSPS) is 29.1. The summed E-state index contributed by atoms with van der Waals surface area (Å²) in [6, 6.07) is 10.8. The standard InChI is InChI=1S/C22H31N3O2/c26-21(15-20-22(27)24-19-9-5-4-8-18(19)23-20)25-12-10-17(11-13-25)14-16-6-2-1-3-7-16/h1-3,6-7,17-20,23H,4-5,8-15H2,(H,24,27). The molecule has 27 heavy (non-hydrogen) atoms. The van der Waals surface area contributed by atoms with E-state index in [0.29, 0.717) is 18.4 Å². The highest BCUT2D eigenvalue weighted by molar-refractivity contribution is 5.89. The van der Waals surface area contributed by atoms with Gasteiger partial charge in [-0.2, -0.15) is 0 Å². The van der Waals surface area contributed by atoms with E-state index in [1.807, 2.05) is 4.90 Å². The fraction of sp³-hybridized carbons (Fsp3) is 0.636. The Morgan fingerprint density at radius 2 is 1.70 bits per heavy atom. The monoisotopic (exact) mass is 369 g/mol. The highest BCUT2D eigenvalue weighted by Crippen LogP contribution is 2.24. The maximum atomic E-state index is 12.7. The molecule has 2 heterocycles. The van der Waals surface area contributed by atoms with Crippen molar-refractivity contribution in [3.8, 4) is 0 Å². The first-order valence-corrected chi connectivity index (χ1v) is 10.6. The topological polar surface area (TPSA) is 61.4 Å². The average molecular weight is 370 g/mol. The van der Waals surface area contributed by atoms with Gasteiger partial charge in [0.1, 0.15) is 0 Å². The van der Waals surface area contributed by atoms with Crippen molar-refractivity contribution < 1.29 is 9.59 Å². The lowest BCUT2D eigenvalue weighted by atomic mass is 9.87. The molecular formula is C22H31N3O2. The molecule has 1 aliphatic carbocycles. The van der Waals surface area contributed by atoms with Gasteiger partial charge in [-0.1, -0.05) is 43.2 Å². The molecule has 5 heteroatoms. The van der Waals surface area contributed by atoms with E-state index < -0.39 is 0 Å². The van der Waals surface area contributed by atoms with E-state index in [1.165, 1.54) is 18.4 Å². The SMILES string of the molecule is O=C1NC2CCCCC2NC1CC(=O)N1CCC(Cc2ccccc2)CC1. The van der Waals surface area contributed by atoms with Gasteiger partial charge in [0.15, 0.2) is 0 Å². The van der Waals surface area contributed by atoms with Gasteiger partial charge in [-0.15, -0.1) is 0 Å². The van der Waals surface area contributed by atoms with E-state index in [1.54, 1.807) is 0 Å². The van der Waals surface area contributed by atoms with Gasteiger partial charge in [-0.25, -0.2) is 0 Å². The second-order valence-corrected chi connectivity index (χ2v) is 8.44. The average Bonchev–Trinajstić information content (AvgIpc) is 2.70. The Balaban J connectivity index is 1.25. The van der Waals surface area contributed by atoms with Crippen LogP contribution in [0.5, 0.6) is 0 Å². The molecule has 2 saturated heterocycles. The van der Waals surface area contributed by atoms with Crippen LogP contribution in [0.25, 0.3) is 0 Å². The van der Waals surface area contributed by atoms with Crippen LogP contribution in [-0.2, 0) is 16.0 Å². The molecular weight excluding hydrogens is 338 g/mol. The molecule has 3 aliphatic rings. The smallest absolute Gasteiger partial charge is 0.237 e. The van der Waals surface area contributed by atoms with Crippen molar-refractivity contribution in [2.24, 2.45) is 5.92 Å². The van der Waals surface area contributed by atoms with Crippen LogP contribution in [0.1, 0.15) is 50.5 Å². The predicted octanol–water partition coefficient (Wildman–Crippen LogP) is 2.26. The molecule has 3 atom stereocenters. The van der Waals surface area contributed by atoms with Crippen LogP contribution in [0.2, 0.25) is 0 Å². The summed E-state index contributed by atoms with van der Waals surface area (Å²) in [5.41, 5.74) is 1.38. The zero-order valence-electron chi connectivity index (χ0n) is 16.0. The first-order chi connectivity index (χ1) is 13.2. The van der Waals surface area contributed by atoms with Gasteiger partial charge in [0.2, 0.25) is 11.8 Å². The minimum Gasteiger partial charge on any atom is -0.350 e.